The van der Waals surface area contributed by atoms with Crippen LogP contribution in [0.1, 0.15) is 18.1 Å². The van der Waals surface area contributed by atoms with Crippen molar-refractivity contribution in [3.63, 3.8) is 0 Å². The van der Waals surface area contributed by atoms with Gasteiger partial charge in [-0.05, 0) is 55.8 Å². The van der Waals surface area contributed by atoms with Gasteiger partial charge in [0.25, 0.3) is 5.56 Å². The molecule has 154 valence electrons. The maximum absolute atomic E-state index is 12.2. The van der Waals surface area contributed by atoms with Gasteiger partial charge in [-0.3, -0.25) is 9.78 Å². The van der Waals surface area contributed by atoms with Gasteiger partial charge in [0.05, 0.1) is 18.5 Å². The van der Waals surface area contributed by atoms with Gasteiger partial charge in [-0.15, -0.1) is 0 Å². The molecule has 3 N–H and O–H groups in total. The van der Waals surface area contributed by atoms with E-state index in [-0.39, 0.29) is 5.56 Å². The van der Waals surface area contributed by atoms with Crippen molar-refractivity contribution in [1.82, 2.24) is 9.55 Å². The maximum Gasteiger partial charge on any atom is 0.345 e. The third-order valence-electron chi connectivity index (χ3n) is 4.11. The molecule has 0 radical (unpaired) electrons. The summed E-state index contributed by atoms with van der Waals surface area (Å²) in [5.41, 5.74) is -0.239. The summed E-state index contributed by atoms with van der Waals surface area (Å²) in [6.07, 6.45) is 0.907. The van der Waals surface area contributed by atoms with E-state index in [1.54, 1.807) is 42.5 Å². The average Bonchev–Trinajstić information content (AvgIpc) is 2.69. The van der Waals surface area contributed by atoms with E-state index < -0.39 is 23.2 Å². The van der Waals surface area contributed by atoms with Crippen molar-refractivity contribution < 1.29 is 14.6 Å². The number of hydrogen-bond donors (Lipinski definition) is 3. The van der Waals surface area contributed by atoms with Crippen LogP contribution in [0.25, 0.3) is 5.69 Å². The molecule has 0 saturated carbocycles. The Kier molecular flexibility index (Phi) is 6.11. The highest BCUT2D eigenvalue weighted by Gasteiger charge is 2.15. The van der Waals surface area contributed by atoms with E-state index >= 15 is 0 Å². The van der Waals surface area contributed by atoms with Gasteiger partial charge in [-0.1, -0.05) is 12.1 Å². The number of aryl methyl sites for hydroxylation is 1. The number of benzene rings is 2. The zero-order valence-corrected chi connectivity index (χ0v) is 16.4. The van der Waals surface area contributed by atoms with Crippen LogP contribution < -0.4 is 21.3 Å². The van der Waals surface area contributed by atoms with Gasteiger partial charge in [0.15, 0.2) is 0 Å². The Bertz CT molecular complexity index is 1210. The minimum Gasteiger partial charge on any atom is -0.494 e. The normalized spacial score (nSPS) is 10.9. The van der Waals surface area contributed by atoms with E-state index in [0.717, 1.165) is 16.3 Å². The number of amides is 2. The molecule has 0 aliphatic carbocycles. The predicted octanol–water partition coefficient (Wildman–Crippen LogP) is 2.59. The zero-order valence-electron chi connectivity index (χ0n) is 16.4. The van der Waals surface area contributed by atoms with Crippen LogP contribution in [0.3, 0.4) is 0 Å². The first-order valence-electron chi connectivity index (χ1n) is 9.12. The standard InChI is InChI=1S/C21H20N4O5/c1-3-30-16-9-7-15(8-10-16)25-19(27)17(18(26)24-21(25)29)12-22-20(28)23-14-6-4-5-13(2)11-14/h4-12,27H,3H2,1-2H3,(H,23,28)(H,24,26,29). The fourth-order valence-electron chi connectivity index (χ4n) is 2.75. The summed E-state index contributed by atoms with van der Waals surface area (Å²) in [7, 11) is 0. The molecule has 0 aliphatic rings. The number of aliphatic imine (C=N–C) groups is 1. The van der Waals surface area contributed by atoms with Crippen LogP contribution in [0.4, 0.5) is 10.5 Å². The summed E-state index contributed by atoms with van der Waals surface area (Å²) in [5.74, 6) is -0.0483. The molecular weight excluding hydrogens is 388 g/mol. The number of nitrogens with one attached hydrogen (secondary N) is 2. The molecule has 0 saturated heterocycles. The van der Waals surface area contributed by atoms with Crippen LogP contribution in [-0.2, 0) is 0 Å². The Morgan fingerprint density at radius 2 is 1.97 bits per heavy atom. The average molecular weight is 408 g/mol. The van der Waals surface area contributed by atoms with Crippen LogP contribution in [0.2, 0.25) is 0 Å². The number of hydrogen-bond acceptors (Lipinski definition) is 5. The number of aromatic amines is 1. The summed E-state index contributed by atoms with van der Waals surface area (Å²) in [6.45, 7) is 4.20. The first kappa shape index (κ1) is 20.6. The fourth-order valence-corrected chi connectivity index (χ4v) is 2.75. The Morgan fingerprint density at radius 1 is 1.23 bits per heavy atom. The Balaban J connectivity index is 1.91. The lowest BCUT2D eigenvalue weighted by Crippen LogP contribution is -2.31. The molecule has 0 aliphatic heterocycles. The monoisotopic (exact) mass is 408 g/mol. The lowest BCUT2D eigenvalue weighted by atomic mass is 10.2. The third kappa shape index (κ3) is 4.64. The smallest absolute Gasteiger partial charge is 0.345 e. The topological polar surface area (TPSA) is 126 Å². The number of rotatable bonds is 5. The molecule has 2 amide bonds. The quantitative estimate of drug-likeness (QED) is 0.560. The minimum absolute atomic E-state index is 0.302. The highest BCUT2D eigenvalue weighted by Crippen LogP contribution is 2.19. The van der Waals surface area contributed by atoms with Gasteiger partial charge in [0, 0.05) is 5.69 Å². The summed E-state index contributed by atoms with van der Waals surface area (Å²) in [4.78, 5) is 42.2. The van der Waals surface area contributed by atoms with Gasteiger partial charge in [-0.2, -0.15) is 0 Å². The van der Waals surface area contributed by atoms with E-state index in [1.165, 1.54) is 0 Å². The Morgan fingerprint density at radius 3 is 2.63 bits per heavy atom. The van der Waals surface area contributed by atoms with E-state index in [9.17, 15) is 19.5 Å². The second kappa shape index (κ2) is 8.91. The summed E-state index contributed by atoms with van der Waals surface area (Å²) in [5, 5.41) is 13.1. The number of H-pyrrole nitrogens is 1. The molecule has 9 nitrogen and oxygen atoms in total. The summed E-state index contributed by atoms with van der Waals surface area (Å²) < 4.78 is 6.25. The first-order chi connectivity index (χ1) is 14.4. The van der Waals surface area contributed by atoms with Gasteiger partial charge >= 0.3 is 11.7 Å². The molecule has 1 heterocycles. The fraction of sp³-hybridized carbons (Fsp3) is 0.143. The molecular formula is C21H20N4O5. The van der Waals surface area contributed by atoms with Crippen LogP contribution in [0.5, 0.6) is 11.6 Å². The van der Waals surface area contributed by atoms with Crippen molar-refractivity contribution >= 4 is 17.9 Å². The first-order valence-corrected chi connectivity index (χ1v) is 9.12. The van der Waals surface area contributed by atoms with E-state index in [0.29, 0.717) is 23.7 Å². The van der Waals surface area contributed by atoms with Crippen LogP contribution in [0, 0.1) is 6.92 Å². The molecule has 3 aromatic rings. The lowest BCUT2D eigenvalue weighted by molar-refractivity contribution is 0.259. The van der Waals surface area contributed by atoms with Crippen LogP contribution >= 0.6 is 0 Å². The van der Waals surface area contributed by atoms with Crippen LogP contribution in [-0.4, -0.2) is 33.5 Å². The molecule has 2 aromatic carbocycles. The van der Waals surface area contributed by atoms with Crippen molar-refractivity contribution in [2.24, 2.45) is 4.99 Å². The molecule has 0 bridgehead atoms. The Hall–Kier alpha value is -4.14. The summed E-state index contributed by atoms with van der Waals surface area (Å²) in [6, 6.07) is 12.7. The van der Waals surface area contributed by atoms with E-state index in [4.69, 9.17) is 4.74 Å². The highest BCUT2D eigenvalue weighted by atomic mass is 16.5. The van der Waals surface area contributed by atoms with Crippen molar-refractivity contribution in [1.29, 1.82) is 0 Å². The maximum atomic E-state index is 12.2. The molecule has 3 rings (SSSR count). The second-order valence-corrected chi connectivity index (χ2v) is 6.32. The SMILES string of the molecule is CCOc1ccc(-n2c(O)c(C=NC(=O)Nc3cccc(C)c3)c(=O)[nH]c2=O)cc1. The Labute approximate surface area is 171 Å². The second-order valence-electron chi connectivity index (χ2n) is 6.32. The van der Waals surface area contributed by atoms with Gasteiger partial charge in [0.1, 0.15) is 11.3 Å². The minimum atomic E-state index is -0.869. The number of anilines is 1. The number of aromatic hydroxyl groups is 1. The number of urea groups is 1. The van der Waals surface area contributed by atoms with Gasteiger partial charge < -0.3 is 15.2 Å². The molecule has 0 fully saturated rings. The number of aromatic nitrogens is 2. The number of carbonyl (C=O) groups excluding carboxylic acids is 1. The molecule has 0 unspecified atom stereocenters. The zero-order chi connectivity index (χ0) is 21.7. The highest BCUT2D eigenvalue weighted by molar-refractivity contribution is 5.98. The molecule has 30 heavy (non-hydrogen) atoms. The number of carbonyl (C=O) groups is 1. The predicted molar refractivity (Wildman–Crippen MR) is 113 cm³/mol. The lowest BCUT2D eigenvalue weighted by Gasteiger charge is -2.10. The van der Waals surface area contributed by atoms with Crippen molar-refractivity contribution in [2.75, 3.05) is 11.9 Å². The van der Waals surface area contributed by atoms with Crippen LogP contribution in [0.15, 0.2) is 63.1 Å². The van der Waals surface area contributed by atoms with Crippen molar-refractivity contribution in [3.8, 4) is 17.3 Å². The van der Waals surface area contributed by atoms with E-state index in [2.05, 4.69) is 15.3 Å². The van der Waals surface area contributed by atoms with E-state index in [1.807, 2.05) is 19.9 Å². The molecule has 0 atom stereocenters. The van der Waals surface area contributed by atoms with Crippen molar-refractivity contribution in [3.05, 3.63) is 80.5 Å². The number of ether oxygens (including phenoxy) is 1. The van der Waals surface area contributed by atoms with Crippen molar-refractivity contribution in [2.45, 2.75) is 13.8 Å². The summed E-state index contributed by atoms with van der Waals surface area (Å²) >= 11 is 0. The third-order valence-corrected chi connectivity index (χ3v) is 4.11. The van der Waals surface area contributed by atoms with Gasteiger partial charge in [-0.25, -0.2) is 19.1 Å². The molecule has 9 heteroatoms. The van der Waals surface area contributed by atoms with Gasteiger partial charge in [0.2, 0.25) is 5.88 Å². The number of nitrogens with zero attached hydrogens (tertiary/aromatic N) is 2. The largest absolute Gasteiger partial charge is 0.494 e. The molecule has 0 spiro atoms. The molecule has 1 aromatic heterocycles.